The molecule has 2 amide bonds. The van der Waals surface area contributed by atoms with Crippen LogP contribution in [0.15, 0.2) is 0 Å². The third-order valence-electron chi connectivity index (χ3n) is 7.29. The molecule has 4 aliphatic rings. The number of nitrogens with zero attached hydrogens (tertiary/aromatic N) is 1. The summed E-state index contributed by atoms with van der Waals surface area (Å²) in [4.78, 5) is 28.8. The van der Waals surface area contributed by atoms with E-state index >= 15 is 0 Å². The molecule has 15 atom stereocenters. The van der Waals surface area contributed by atoms with Crippen molar-refractivity contribution in [3.63, 3.8) is 0 Å². The molecule has 4 aliphatic heterocycles. The Morgan fingerprint density at radius 1 is 0.561 bits per heavy atom. The number of hydrogen-bond acceptors (Lipinski definition) is 18. The highest BCUT2D eigenvalue weighted by atomic mass is 16.8. The first-order valence-corrected chi connectivity index (χ1v) is 12.8. The number of carbonyl (C=O) groups excluding carboxylic acids is 2. The molecule has 0 saturated carbocycles. The highest BCUT2D eigenvalue weighted by Gasteiger charge is 2.54. The second kappa shape index (κ2) is 13.4. The van der Waals surface area contributed by atoms with Crippen molar-refractivity contribution in [1.82, 2.24) is 5.06 Å². The largest absolute Gasteiger partial charge is 0.394 e. The van der Waals surface area contributed by atoms with Crippen molar-refractivity contribution in [3.8, 4) is 0 Å². The molecule has 0 unspecified atom stereocenters. The van der Waals surface area contributed by atoms with Gasteiger partial charge in [0.05, 0.1) is 19.8 Å². The second-order valence-corrected chi connectivity index (χ2v) is 10.00. The number of hydroxylamine groups is 2. The maximum absolute atomic E-state index is 11.8. The van der Waals surface area contributed by atoms with Gasteiger partial charge in [0.2, 0.25) is 6.29 Å². The van der Waals surface area contributed by atoms with E-state index in [9.17, 15) is 60.7 Å². The van der Waals surface area contributed by atoms with Gasteiger partial charge in [-0.25, -0.2) is 4.84 Å². The average Bonchev–Trinajstić information content (AvgIpc) is 3.28. The predicted octanol–water partition coefficient (Wildman–Crippen LogP) is -7.48. The molecule has 0 spiro atoms. The topological polar surface area (TPSA) is 295 Å². The molecule has 0 bridgehead atoms. The van der Waals surface area contributed by atoms with E-state index in [1.165, 1.54) is 0 Å². The van der Waals surface area contributed by atoms with Crippen LogP contribution in [0.4, 0.5) is 0 Å². The summed E-state index contributed by atoms with van der Waals surface area (Å²) in [5.74, 6) is -1.41. The fourth-order valence-electron chi connectivity index (χ4n) is 4.91. The normalized spacial score (nSPS) is 47.7. The van der Waals surface area contributed by atoms with Gasteiger partial charge in [0.1, 0.15) is 73.2 Å². The second-order valence-electron chi connectivity index (χ2n) is 10.00. The van der Waals surface area contributed by atoms with Crippen LogP contribution in [0.25, 0.3) is 0 Å². The molecule has 0 aromatic carbocycles. The van der Waals surface area contributed by atoms with E-state index in [0.717, 1.165) is 0 Å². The minimum Gasteiger partial charge on any atom is -0.394 e. The summed E-state index contributed by atoms with van der Waals surface area (Å²) in [6.45, 7) is -2.49. The molecule has 4 saturated heterocycles. The van der Waals surface area contributed by atoms with Crippen molar-refractivity contribution >= 4 is 11.8 Å². The summed E-state index contributed by atoms with van der Waals surface area (Å²) in [5, 5.41) is 102. The number of carbonyl (C=O) groups is 2. The number of amides is 2. The molecule has 19 nitrogen and oxygen atoms in total. The first-order valence-electron chi connectivity index (χ1n) is 12.8. The Labute approximate surface area is 231 Å². The van der Waals surface area contributed by atoms with E-state index in [1.807, 2.05) is 0 Å². The van der Waals surface area contributed by atoms with E-state index in [4.69, 9.17) is 28.5 Å². The summed E-state index contributed by atoms with van der Waals surface area (Å²) in [5.41, 5.74) is 0. The highest BCUT2D eigenvalue weighted by molar-refractivity contribution is 6.00. The lowest BCUT2D eigenvalue weighted by Gasteiger charge is -2.48. The lowest BCUT2D eigenvalue weighted by atomic mass is 9.96. The van der Waals surface area contributed by atoms with Crippen LogP contribution in [-0.2, 0) is 38.1 Å². The zero-order chi connectivity index (χ0) is 30.2. The van der Waals surface area contributed by atoms with Gasteiger partial charge in [-0.05, 0) is 0 Å². The molecule has 10 N–H and O–H groups in total. The minimum absolute atomic E-state index is 0.133. The first-order chi connectivity index (χ1) is 19.4. The van der Waals surface area contributed by atoms with E-state index in [-0.39, 0.29) is 12.8 Å². The van der Waals surface area contributed by atoms with E-state index < -0.39 is 124 Å². The number of aliphatic hydroxyl groups excluding tert-OH is 10. The Morgan fingerprint density at radius 3 is 1.41 bits per heavy atom. The fourth-order valence-corrected chi connectivity index (χ4v) is 4.91. The van der Waals surface area contributed by atoms with E-state index in [2.05, 4.69) is 0 Å². The SMILES string of the molecule is O=C1CCC(=O)N1O[C@H]1O[C@H](CO)[C@@H](O[C@@H]2O[C@H](CO)[C@H](O[C@H]3O[C@H](CO)[C@H](O)[C@H](O)[C@H]3O)[C@H](O)[C@H]2O)[C@H](O)[C@H]1O. The Hall–Kier alpha value is -1.50. The van der Waals surface area contributed by atoms with Gasteiger partial charge in [0.25, 0.3) is 11.8 Å². The fraction of sp³-hybridized carbons (Fsp3) is 0.909. The van der Waals surface area contributed by atoms with Crippen LogP contribution >= 0.6 is 0 Å². The van der Waals surface area contributed by atoms with Gasteiger partial charge in [0.15, 0.2) is 12.6 Å². The third kappa shape index (κ3) is 6.40. The number of imide groups is 1. The van der Waals surface area contributed by atoms with Crippen LogP contribution in [0.3, 0.4) is 0 Å². The molecule has 19 heteroatoms. The van der Waals surface area contributed by atoms with Gasteiger partial charge < -0.3 is 74.7 Å². The van der Waals surface area contributed by atoms with Crippen LogP contribution in [0.1, 0.15) is 12.8 Å². The molecule has 4 fully saturated rings. The van der Waals surface area contributed by atoms with Crippen LogP contribution in [-0.4, -0.2) is 180 Å². The molecule has 4 rings (SSSR count). The number of rotatable bonds is 9. The molecule has 0 aromatic heterocycles. The predicted molar refractivity (Wildman–Crippen MR) is 121 cm³/mol. The molecular formula is C22H35NO18. The molecule has 0 radical (unpaired) electrons. The lowest BCUT2D eigenvalue weighted by Crippen LogP contribution is -2.66. The van der Waals surface area contributed by atoms with Gasteiger partial charge in [-0.15, -0.1) is 0 Å². The van der Waals surface area contributed by atoms with E-state index in [0.29, 0.717) is 5.06 Å². The monoisotopic (exact) mass is 601 g/mol. The van der Waals surface area contributed by atoms with Crippen molar-refractivity contribution in [1.29, 1.82) is 0 Å². The maximum Gasteiger partial charge on any atom is 0.254 e. The Morgan fingerprint density at radius 2 is 0.951 bits per heavy atom. The molecule has 41 heavy (non-hydrogen) atoms. The Kier molecular flexibility index (Phi) is 10.6. The zero-order valence-electron chi connectivity index (χ0n) is 21.4. The smallest absolute Gasteiger partial charge is 0.254 e. The standard InChI is InChI=1S/C22H35NO18/c24-3-6-11(29)12(30)15(33)20(36-6)39-18-7(4-25)37-21(16(34)13(18)31)40-19-8(5-26)38-22(17(35)14(19)32)41-23-9(27)1-2-10(23)28/h6-8,11-22,24-26,29-35H,1-5H2/t6-,7-,8-,11+,12+,13-,14-,15-,16-,17-,18+,19-,20-,21+,22-/m1/s1. The summed E-state index contributed by atoms with van der Waals surface area (Å²) in [6, 6.07) is 0. The van der Waals surface area contributed by atoms with Crippen molar-refractivity contribution < 1.29 is 89.2 Å². The van der Waals surface area contributed by atoms with Gasteiger partial charge in [0, 0.05) is 12.8 Å². The first kappa shape index (κ1) is 32.4. The van der Waals surface area contributed by atoms with Crippen LogP contribution in [0.2, 0.25) is 0 Å². The Balaban J connectivity index is 1.43. The Bertz CT molecular complexity index is 890. The summed E-state index contributed by atoms with van der Waals surface area (Å²) < 4.78 is 27.1. The lowest BCUT2D eigenvalue weighted by molar-refractivity contribution is -0.387. The molecule has 4 heterocycles. The quantitative estimate of drug-likeness (QED) is 0.110. The van der Waals surface area contributed by atoms with Crippen molar-refractivity contribution in [2.45, 2.75) is 105 Å². The summed E-state index contributed by atoms with van der Waals surface area (Å²) >= 11 is 0. The maximum atomic E-state index is 11.8. The highest BCUT2D eigenvalue weighted by Crippen LogP contribution is 2.33. The molecular weight excluding hydrogens is 566 g/mol. The summed E-state index contributed by atoms with van der Waals surface area (Å²) in [6.07, 6.45) is -26.4. The number of aliphatic hydroxyl groups is 10. The minimum atomic E-state index is -1.98. The third-order valence-corrected chi connectivity index (χ3v) is 7.29. The molecule has 236 valence electrons. The van der Waals surface area contributed by atoms with Gasteiger partial charge in [-0.2, -0.15) is 5.06 Å². The van der Waals surface area contributed by atoms with Crippen LogP contribution in [0, 0.1) is 0 Å². The number of hydrogen-bond donors (Lipinski definition) is 10. The van der Waals surface area contributed by atoms with Crippen LogP contribution in [0.5, 0.6) is 0 Å². The molecule has 0 aromatic rings. The summed E-state index contributed by atoms with van der Waals surface area (Å²) in [7, 11) is 0. The van der Waals surface area contributed by atoms with Crippen molar-refractivity contribution in [3.05, 3.63) is 0 Å². The zero-order valence-corrected chi connectivity index (χ0v) is 21.4. The molecule has 0 aliphatic carbocycles. The van der Waals surface area contributed by atoms with Crippen molar-refractivity contribution in [2.75, 3.05) is 19.8 Å². The van der Waals surface area contributed by atoms with E-state index in [1.54, 1.807) is 0 Å². The van der Waals surface area contributed by atoms with Crippen molar-refractivity contribution in [2.24, 2.45) is 0 Å². The van der Waals surface area contributed by atoms with Crippen LogP contribution < -0.4 is 0 Å². The van der Waals surface area contributed by atoms with Gasteiger partial charge in [-0.3, -0.25) is 9.59 Å². The van der Waals surface area contributed by atoms with Gasteiger partial charge in [-0.1, -0.05) is 0 Å². The number of ether oxygens (including phenoxy) is 5. The van der Waals surface area contributed by atoms with Gasteiger partial charge >= 0.3 is 0 Å². The average molecular weight is 602 g/mol.